The average Bonchev–Trinajstić information content (AvgIpc) is 2.29. The molecule has 0 saturated heterocycles. The van der Waals surface area contributed by atoms with Crippen molar-refractivity contribution < 1.29 is 0 Å². The SMILES string of the molecule is C=C.CCCNC(C)c1cccnc1N. The van der Waals surface area contributed by atoms with E-state index in [2.05, 4.69) is 37.3 Å². The Bertz CT molecular complexity index is 273. The van der Waals surface area contributed by atoms with E-state index in [9.17, 15) is 0 Å². The first-order chi connectivity index (χ1) is 7.25. The minimum Gasteiger partial charge on any atom is -0.383 e. The number of anilines is 1. The molecule has 0 aromatic carbocycles. The molecule has 0 spiro atoms. The van der Waals surface area contributed by atoms with E-state index in [0.29, 0.717) is 5.82 Å². The van der Waals surface area contributed by atoms with Crippen molar-refractivity contribution in [3.63, 3.8) is 0 Å². The van der Waals surface area contributed by atoms with Gasteiger partial charge < -0.3 is 11.1 Å². The Hall–Kier alpha value is -1.35. The molecule has 1 heterocycles. The second-order valence-electron chi connectivity index (χ2n) is 3.15. The Labute approximate surface area is 92.4 Å². The quantitative estimate of drug-likeness (QED) is 0.746. The summed E-state index contributed by atoms with van der Waals surface area (Å²) in [6.45, 7) is 11.3. The summed E-state index contributed by atoms with van der Waals surface area (Å²) in [5, 5.41) is 3.37. The van der Waals surface area contributed by atoms with Crippen molar-refractivity contribution in [2.75, 3.05) is 12.3 Å². The maximum atomic E-state index is 5.74. The fourth-order valence-corrected chi connectivity index (χ4v) is 1.27. The maximum Gasteiger partial charge on any atom is 0.128 e. The number of aromatic nitrogens is 1. The molecule has 84 valence electrons. The highest BCUT2D eigenvalue weighted by Gasteiger charge is 2.07. The van der Waals surface area contributed by atoms with Gasteiger partial charge in [-0.25, -0.2) is 4.98 Å². The van der Waals surface area contributed by atoms with Crippen LogP contribution in [0.2, 0.25) is 0 Å². The van der Waals surface area contributed by atoms with Crippen molar-refractivity contribution >= 4 is 5.82 Å². The largest absolute Gasteiger partial charge is 0.383 e. The van der Waals surface area contributed by atoms with Crippen LogP contribution in [0.4, 0.5) is 5.82 Å². The van der Waals surface area contributed by atoms with Crippen LogP contribution in [-0.2, 0) is 0 Å². The van der Waals surface area contributed by atoms with Gasteiger partial charge in [-0.2, -0.15) is 0 Å². The van der Waals surface area contributed by atoms with Crippen LogP contribution in [0, 0.1) is 0 Å². The van der Waals surface area contributed by atoms with E-state index in [4.69, 9.17) is 5.73 Å². The Kier molecular flexibility index (Phi) is 7.28. The van der Waals surface area contributed by atoms with Gasteiger partial charge in [-0.05, 0) is 26.0 Å². The zero-order chi connectivity index (χ0) is 11.7. The third-order valence-corrected chi connectivity index (χ3v) is 2.04. The van der Waals surface area contributed by atoms with Crippen molar-refractivity contribution in [3.05, 3.63) is 37.1 Å². The van der Waals surface area contributed by atoms with Gasteiger partial charge in [-0.1, -0.05) is 13.0 Å². The third kappa shape index (κ3) is 4.61. The zero-order valence-corrected chi connectivity index (χ0v) is 9.66. The normalized spacial score (nSPS) is 11.3. The molecule has 1 atom stereocenters. The van der Waals surface area contributed by atoms with Crippen molar-refractivity contribution in [2.45, 2.75) is 26.3 Å². The van der Waals surface area contributed by atoms with E-state index in [1.54, 1.807) is 6.20 Å². The summed E-state index contributed by atoms with van der Waals surface area (Å²) in [7, 11) is 0. The van der Waals surface area contributed by atoms with Crippen LogP contribution < -0.4 is 11.1 Å². The fourth-order valence-electron chi connectivity index (χ4n) is 1.27. The second kappa shape index (κ2) is 8.00. The highest BCUT2D eigenvalue weighted by Crippen LogP contribution is 2.16. The lowest BCUT2D eigenvalue weighted by Crippen LogP contribution is -2.20. The lowest BCUT2D eigenvalue weighted by molar-refractivity contribution is 0.571. The molecule has 15 heavy (non-hydrogen) atoms. The standard InChI is InChI=1S/C10H17N3.C2H4/c1-3-6-12-8(2)9-5-4-7-13-10(9)11;1-2/h4-5,7-8,12H,3,6H2,1-2H3,(H2,11,13);1-2H2. The van der Waals surface area contributed by atoms with Crippen molar-refractivity contribution in [3.8, 4) is 0 Å². The number of hydrogen-bond acceptors (Lipinski definition) is 3. The van der Waals surface area contributed by atoms with Crippen molar-refractivity contribution in [1.82, 2.24) is 10.3 Å². The molecule has 0 aliphatic carbocycles. The van der Waals surface area contributed by atoms with Gasteiger partial charge in [-0.15, -0.1) is 13.2 Å². The number of rotatable bonds is 4. The summed E-state index contributed by atoms with van der Waals surface area (Å²) in [4.78, 5) is 4.05. The summed E-state index contributed by atoms with van der Waals surface area (Å²) < 4.78 is 0. The summed E-state index contributed by atoms with van der Waals surface area (Å²) >= 11 is 0. The highest BCUT2D eigenvalue weighted by molar-refractivity contribution is 5.40. The number of hydrogen-bond donors (Lipinski definition) is 2. The summed E-state index contributed by atoms with van der Waals surface area (Å²) in [5.41, 5.74) is 6.82. The van der Waals surface area contributed by atoms with Gasteiger partial charge in [0.25, 0.3) is 0 Å². The Balaban J connectivity index is 0.000000921. The molecule has 1 rings (SSSR count). The second-order valence-corrected chi connectivity index (χ2v) is 3.15. The molecule has 0 saturated carbocycles. The fraction of sp³-hybridized carbons (Fsp3) is 0.417. The smallest absolute Gasteiger partial charge is 0.128 e. The van der Waals surface area contributed by atoms with Crippen LogP contribution >= 0.6 is 0 Å². The molecule has 0 radical (unpaired) electrons. The minimum absolute atomic E-state index is 0.286. The lowest BCUT2D eigenvalue weighted by atomic mass is 10.1. The first kappa shape index (κ1) is 13.7. The van der Waals surface area contributed by atoms with Gasteiger partial charge in [0.05, 0.1) is 0 Å². The van der Waals surface area contributed by atoms with Gasteiger partial charge in [0.1, 0.15) is 5.82 Å². The molecule has 1 unspecified atom stereocenters. The van der Waals surface area contributed by atoms with Crippen LogP contribution in [0.1, 0.15) is 31.9 Å². The molecule has 3 N–H and O–H groups in total. The Morgan fingerprint density at radius 1 is 1.53 bits per heavy atom. The van der Waals surface area contributed by atoms with Gasteiger partial charge >= 0.3 is 0 Å². The molecule has 3 nitrogen and oxygen atoms in total. The molecule has 0 bridgehead atoms. The lowest BCUT2D eigenvalue weighted by Gasteiger charge is -2.14. The number of nitrogens with two attached hydrogens (primary N) is 1. The topological polar surface area (TPSA) is 50.9 Å². The van der Waals surface area contributed by atoms with E-state index in [1.165, 1.54) is 0 Å². The maximum absolute atomic E-state index is 5.74. The summed E-state index contributed by atoms with van der Waals surface area (Å²) in [5.74, 6) is 0.624. The zero-order valence-electron chi connectivity index (χ0n) is 9.66. The predicted molar refractivity (Wildman–Crippen MR) is 66.6 cm³/mol. The number of nitrogens with zero attached hydrogens (tertiary/aromatic N) is 1. The van der Waals surface area contributed by atoms with Crippen LogP contribution in [0.25, 0.3) is 0 Å². The first-order valence-corrected chi connectivity index (χ1v) is 5.19. The monoisotopic (exact) mass is 207 g/mol. The molecule has 0 fully saturated rings. The van der Waals surface area contributed by atoms with Crippen LogP contribution in [0.5, 0.6) is 0 Å². The van der Waals surface area contributed by atoms with Crippen LogP contribution in [0.3, 0.4) is 0 Å². The number of nitrogens with one attached hydrogen (secondary N) is 1. The highest BCUT2D eigenvalue weighted by atomic mass is 14.9. The van der Waals surface area contributed by atoms with E-state index in [-0.39, 0.29) is 6.04 Å². The van der Waals surface area contributed by atoms with Gasteiger partial charge in [0, 0.05) is 17.8 Å². The van der Waals surface area contributed by atoms with Crippen LogP contribution in [-0.4, -0.2) is 11.5 Å². The summed E-state index contributed by atoms with van der Waals surface area (Å²) in [6, 6.07) is 4.21. The number of nitrogen functional groups attached to an aromatic ring is 1. The van der Waals surface area contributed by atoms with E-state index < -0.39 is 0 Å². The molecule has 0 aliphatic rings. The summed E-state index contributed by atoms with van der Waals surface area (Å²) in [6.07, 6.45) is 2.84. The Morgan fingerprint density at radius 2 is 2.20 bits per heavy atom. The molecule has 1 aromatic heterocycles. The molecular weight excluding hydrogens is 186 g/mol. The van der Waals surface area contributed by atoms with E-state index in [0.717, 1.165) is 18.5 Å². The molecule has 1 aromatic rings. The third-order valence-electron chi connectivity index (χ3n) is 2.04. The average molecular weight is 207 g/mol. The van der Waals surface area contributed by atoms with E-state index in [1.807, 2.05) is 12.1 Å². The molecular formula is C12H21N3. The molecule has 3 heteroatoms. The van der Waals surface area contributed by atoms with Crippen molar-refractivity contribution in [2.24, 2.45) is 0 Å². The predicted octanol–water partition coefficient (Wildman–Crippen LogP) is 2.53. The molecule has 0 amide bonds. The van der Waals surface area contributed by atoms with Crippen molar-refractivity contribution in [1.29, 1.82) is 0 Å². The first-order valence-electron chi connectivity index (χ1n) is 5.19. The van der Waals surface area contributed by atoms with Gasteiger partial charge in [0.2, 0.25) is 0 Å². The van der Waals surface area contributed by atoms with Gasteiger partial charge in [0.15, 0.2) is 0 Å². The van der Waals surface area contributed by atoms with E-state index >= 15 is 0 Å². The Morgan fingerprint density at radius 3 is 2.73 bits per heavy atom. The minimum atomic E-state index is 0.286. The number of pyridine rings is 1. The van der Waals surface area contributed by atoms with Gasteiger partial charge in [-0.3, -0.25) is 0 Å². The molecule has 0 aliphatic heterocycles. The van der Waals surface area contributed by atoms with Crippen LogP contribution in [0.15, 0.2) is 31.5 Å².